The smallest absolute Gasteiger partial charge is 0.310 e. The maximum Gasteiger partial charge on any atom is 0.310 e. The van der Waals surface area contributed by atoms with Gasteiger partial charge in [-0.15, -0.1) is 0 Å². The second-order valence-corrected chi connectivity index (χ2v) is 5.99. The average Bonchev–Trinajstić information content (AvgIpc) is 3.01. The SMILES string of the molecule is CCCn1cc(Cl)cc1C(=O)N1CC(C)C(C(=O)OC)C1. The van der Waals surface area contributed by atoms with Crippen molar-refractivity contribution in [1.29, 1.82) is 0 Å². The molecule has 0 N–H and O–H groups in total. The van der Waals surface area contributed by atoms with Crippen LogP contribution in [0, 0.1) is 11.8 Å². The van der Waals surface area contributed by atoms with E-state index in [4.69, 9.17) is 16.3 Å². The van der Waals surface area contributed by atoms with Crippen molar-refractivity contribution in [3.8, 4) is 0 Å². The van der Waals surface area contributed by atoms with E-state index in [1.807, 2.05) is 18.4 Å². The van der Waals surface area contributed by atoms with Crippen molar-refractivity contribution in [3.05, 3.63) is 23.0 Å². The second kappa shape index (κ2) is 6.52. The van der Waals surface area contributed by atoms with Crippen molar-refractivity contribution in [1.82, 2.24) is 9.47 Å². The first-order valence-corrected chi connectivity index (χ1v) is 7.58. The largest absolute Gasteiger partial charge is 0.469 e. The molecule has 2 atom stereocenters. The number of rotatable bonds is 4. The highest BCUT2D eigenvalue weighted by Crippen LogP contribution is 2.26. The standard InChI is InChI=1S/C15H21ClN2O3/c1-4-5-17-8-11(16)6-13(17)14(19)18-7-10(2)12(9-18)15(20)21-3/h6,8,10,12H,4-5,7,9H2,1-3H3. The fourth-order valence-electron chi connectivity index (χ4n) is 2.83. The van der Waals surface area contributed by atoms with E-state index in [-0.39, 0.29) is 23.7 Å². The molecule has 0 aliphatic carbocycles. The monoisotopic (exact) mass is 312 g/mol. The van der Waals surface area contributed by atoms with Crippen LogP contribution < -0.4 is 0 Å². The van der Waals surface area contributed by atoms with Crippen LogP contribution in [0.4, 0.5) is 0 Å². The number of aryl methyl sites for hydroxylation is 1. The van der Waals surface area contributed by atoms with E-state index in [0.717, 1.165) is 13.0 Å². The predicted molar refractivity (Wildman–Crippen MR) is 80.3 cm³/mol. The van der Waals surface area contributed by atoms with Gasteiger partial charge in [-0.3, -0.25) is 9.59 Å². The number of carbonyl (C=O) groups is 2. The van der Waals surface area contributed by atoms with Crippen molar-refractivity contribution in [2.24, 2.45) is 11.8 Å². The summed E-state index contributed by atoms with van der Waals surface area (Å²) in [7, 11) is 1.38. The fraction of sp³-hybridized carbons (Fsp3) is 0.600. The van der Waals surface area contributed by atoms with Gasteiger partial charge in [-0.1, -0.05) is 25.4 Å². The summed E-state index contributed by atoms with van der Waals surface area (Å²) >= 11 is 6.02. The van der Waals surface area contributed by atoms with E-state index in [1.54, 1.807) is 17.2 Å². The molecule has 1 fully saturated rings. The minimum atomic E-state index is -0.250. The molecule has 0 saturated carbocycles. The van der Waals surface area contributed by atoms with Gasteiger partial charge in [0.25, 0.3) is 5.91 Å². The van der Waals surface area contributed by atoms with Crippen LogP contribution in [0.5, 0.6) is 0 Å². The summed E-state index contributed by atoms with van der Waals surface area (Å²) in [5.41, 5.74) is 0.583. The Morgan fingerprint density at radius 1 is 1.43 bits per heavy atom. The number of nitrogens with zero attached hydrogens (tertiary/aromatic N) is 2. The average molecular weight is 313 g/mol. The number of esters is 1. The lowest BCUT2D eigenvalue weighted by molar-refractivity contribution is -0.146. The van der Waals surface area contributed by atoms with Crippen LogP contribution in [-0.4, -0.2) is 41.5 Å². The molecule has 6 heteroatoms. The van der Waals surface area contributed by atoms with Gasteiger partial charge in [0.15, 0.2) is 0 Å². The van der Waals surface area contributed by atoms with Gasteiger partial charge in [0.1, 0.15) is 5.69 Å². The Kier molecular flexibility index (Phi) is 4.93. The molecule has 0 bridgehead atoms. The summed E-state index contributed by atoms with van der Waals surface area (Å²) in [5, 5.41) is 0.559. The van der Waals surface area contributed by atoms with E-state index >= 15 is 0 Å². The van der Waals surface area contributed by atoms with Crippen LogP contribution in [-0.2, 0) is 16.1 Å². The molecule has 1 amide bonds. The van der Waals surface area contributed by atoms with Crippen molar-refractivity contribution in [2.75, 3.05) is 20.2 Å². The van der Waals surface area contributed by atoms with E-state index in [2.05, 4.69) is 0 Å². The Morgan fingerprint density at radius 3 is 2.76 bits per heavy atom. The van der Waals surface area contributed by atoms with E-state index < -0.39 is 0 Å². The number of halogens is 1. The van der Waals surface area contributed by atoms with Gasteiger partial charge >= 0.3 is 5.97 Å². The van der Waals surface area contributed by atoms with Gasteiger partial charge in [0.05, 0.1) is 18.1 Å². The molecular formula is C15H21ClN2O3. The number of amides is 1. The van der Waals surface area contributed by atoms with E-state index in [9.17, 15) is 9.59 Å². The highest BCUT2D eigenvalue weighted by atomic mass is 35.5. The molecule has 116 valence electrons. The van der Waals surface area contributed by atoms with Gasteiger partial charge in [-0.2, -0.15) is 0 Å². The minimum Gasteiger partial charge on any atom is -0.469 e. The topological polar surface area (TPSA) is 51.5 Å². The predicted octanol–water partition coefficient (Wildman–Crippen LogP) is 2.43. The zero-order chi connectivity index (χ0) is 15.6. The zero-order valence-corrected chi connectivity index (χ0v) is 13.4. The highest BCUT2D eigenvalue weighted by molar-refractivity contribution is 6.31. The van der Waals surface area contributed by atoms with Gasteiger partial charge < -0.3 is 14.2 Å². The molecule has 0 radical (unpaired) electrons. The second-order valence-electron chi connectivity index (χ2n) is 5.55. The van der Waals surface area contributed by atoms with E-state index in [0.29, 0.717) is 23.8 Å². The van der Waals surface area contributed by atoms with Gasteiger partial charge in [-0.25, -0.2) is 0 Å². The Morgan fingerprint density at radius 2 is 2.14 bits per heavy atom. The maximum atomic E-state index is 12.7. The lowest BCUT2D eigenvalue weighted by Gasteiger charge is -2.17. The first kappa shape index (κ1) is 15.9. The third-order valence-corrected chi connectivity index (χ3v) is 4.16. The molecule has 21 heavy (non-hydrogen) atoms. The third-order valence-electron chi connectivity index (χ3n) is 3.95. The number of likely N-dealkylation sites (tertiary alicyclic amines) is 1. The van der Waals surface area contributed by atoms with Crippen LogP contribution in [0.25, 0.3) is 0 Å². The summed E-state index contributed by atoms with van der Waals surface area (Å²) in [6.45, 7) is 5.73. The fourth-order valence-corrected chi connectivity index (χ4v) is 3.05. The normalized spacial score (nSPS) is 21.6. The van der Waals surface area contributed by atoms with Crippen molar-refractivity contribution >= 4 is 23.5 Å². The molecular weight excluding hydrogens is 292 g/mol. The number of carbonyl (C=O) groups excluding carboxylic acids is 2. The molecule has 2 heterocycles. The molecule has 2 unspecified atom stereocenters. The number of aromatic nitrogens is 1. The summed E-state index contributed by atoms with van der Waals surface area (Å²) in [6.07, 6.45) is 2.70. The molecule has 1 aromatic heterocycles. The van der Waals surface area contributed by atoms with Crippen LogP contribution in [0.15, 0.2) is 12.3 Å². The number of hydrogen-bond acceptors (Lipinski definition) is 3. The Labute approximate surface area is 129 Å². The minimum absolute atomic E-state index is 0.0754. The van der Waals surface area contributed by atoms with Gasteiger partial charge in [0.2, 0.25) is 0 Å². The van der Waals surface area contributed by atoms with Crippen molar-refractivity contribution < 1.29 is 14.3 Å². The maximum absolute atomic E-state index is 12.7. The number of hydrogen-bond donors (Lipinski definition) is 0. The van der Waals surface area contributed by atoms with Crippen LogP contribution in [0.1, 0.15) is 30.8 Å². The lowest BCUT2D eigenvalue weighted by atomic mass is 9.99. The van der Waals surface area contributed by atoms with Crippen molar-refractivity contribution in [2.45, 2.75) is 26.8 Å². The molecule has 2 rings (SSSR count). The summed E-state index contributed by atoms with van der Waals surface area (Å²) in [4.78, 5) is 26.1. The summed E-state index contributed by atoms with van der Waals surface area (Å²) in [5.74, 6) is -0.469. The molecule has 1 aliphatic heterocycles. The molecule has 0 spiro atoms. The quantitative estimate of drug-likeness (QED) is 0.802. The molecule has 5 nitrogen and oxygen atoms in total. The molecule has 1 aromatic rings. The molecule has 1 aliphatic rings. The number of methoxy groups -OCH3 is 1. The Balaban J connectivity index is 2.16. The summed E-state index contributed by atoms with van der Waals surface area (Å²) < 4.78 is 6.68. The zero-order valence-electron chi connectivity index (χ0n) is 12.6. The summed E-state index contributed by atoms with van der Waals surface area (Å²) in [6, 6.07) is 1.69. The van der Waals surface area contributed by atoms with Gasteiger partial charge in [0, 0.05) is 25.8 Å². The lowest BCUT2D eigenvalue weighted by Crippen LogP contribution is -2.31. The van der Waals surface area contributed by atoms with Crippen LogP contribution in [0.3, 0.4) is 0 Å². The van der Waals surface area contributed by atoms with Crippen molar-refractivity contribution in [3.63, 3.8) is 0 Å². The number of ether oxygens (including phenoxy) is 1. The first-order chi connectivity index (χ1) is 9.97. The van der Waals surface area contributed by atoms with E-state index in [1.165, 1.54) is 7.11 Å². The Bertz CT molecular complexity index is 541. The molecule has 0 aromatic carbocycles. The third kappa shape index (κ3) is 3.23. The van der Waals surface area contributed by atoms with Gasteiger partial charge in [-0.05, 0) is 18.4 Å². The highest BCUT2D eigenvalue weighted by Gasteiger charge is 2.38. The van der Waals surface area contributed by atoms with Crippen LogP contribution in [0.2, 0.25) is 5.02 Å². The van der Waals surface area contributed by atoms with Crippen LogP contribution >= 0.6 is 11.6 Å². The Hall–Kier alpha value is -1.49. The first-order valence-electron chi connectivity index (χ1n) is 7.20. The molecule has 1 saturated heterocycles.